The number of carboxylic acids is 2. The van der Waals surface area contributed by atoms with E-state index in [0.717, 1.165) is 25.7 Å². The molecule has 0 aliphatic heterocycles. The fourth-order valence-electron chi connectivity index (χ4n) is 13.1. The van der Waals surface area contributed by atoms with Gasteiger partial charge in [0.25, 0.3) is 0 Å². The molecule has 0 heterocycles. The van der Waals surface area contributed by atoms with Crippen LogP contribution in [0.1, 0.15) is 502 Å². The van der Waals surface area contributed by atoms with E-state index < -0.39 is 11.9 Å². The smallest absolute Gasteiger partial charge is 0.550 e. The summed E-state index contributed by atoms with van der Waals surface area (Å²) in [4.78, 5) is 20.7. The number of rotatable bonds is 76. The Hall–Kier alpha value is 0.200. The maximum absolute atomic E-state index is 10.4. The van der Waals surface area contributed by atoms with Gasteiger partial charge < -0.3 is 19.8 Å². The van der Waals surface area contributed by atoms with Crippen LogP contribution in [0.5, 0.6) is 0 Å². The van der Waals surface area contributed by atoms with Crippen molar-refractivity contribution in [2.75, 3.05) is 0 Å². The molecule has 0 aromatic carbocycles. The van der Waals surface area contributed by atoms with Crippen molar-refractivity contribution < 1.29 is 19.8 Å². The van der Waals surface area contributed by atoms with E-state index in [1.54, 1.807) is 0 Å². The Kier molecular flexibility index (Phi) is 90.7. The largest absolute Gasteiger partial charge is 2.00 e. The van der Waals surface area contributed by atoms with Crippen LogP contribution in [0.2, 0.25) is 0 Å². The van der Waals surface area contributed by atoms with Crippen molar-refractivity contribution in [1.29, 1.82) is 0 Å². The zero-order valence-electron chi connectivity index (χ0n) is 59.1. The van der Waals surface area contributed by atoms with Gasteiger partial charge in [-0.15, -0.1) is 0 Å². The Balaban J connectivity index is -0.00000156. The van der Waals surface area contributed by atoms with E-state index in [4.69, 9.17) is 0 Å². The van der Waals surface area contributed by atoms with Crippen molar-refractivity contribution in [3.05, 3.63) is 0 Å². The molecular weight excluding hydrogens is 1060 g/mol. The Morgan fingerprint density at radius 2 is 0.224 bits per heavy atom. The molecule has 0 unspecified atom stereocenters. The first-order valence-corrected chi connectivity index (χ1v) is 39.9. The second-order valence-corrected chi connectivity index (χ2v) is 27.7. The summed E-state index contributed by atoms with van der Waals surface area (Å²) in [5.74, 6) is -1.79. The molecule has 0 bridgehead atoms. The van der Waals surface area contributed by atoms with Crippen molar-refractivity contribution in [2.45, 2.75) is 502 Å². The van der Waals surface area contributed by atoms with Crippen molar-refractivity contribution >= 4 is 49.7 Å². The van der Waals surface area contributed by atoms with Gasteiger partial charge in [0.15, 0.2) is 0 Å². The minimum absolute atomic E-state index is 0. The van der Waals surface area contributed by atoms with Crippen molar-refractivity contribution in [3.63, 3.8) is 0 Å². The predicted molar refractivity (Wildman–Crippen MR) is 378 cm³/mol. The molecule has 0 aromatic rings. The molecule has 0 amide bonds. The summed E-state index contributed by atoms with van der Waals surface area (Å²) in [6.45, 7) is 4.61. The van der Waals surface area contributed by atoms with E-state index in [1.165, 1.54) is 449 Å². The molecule has 4 nitrogen and oxygen atoms in total. The molecule has 0 atom stereocenters. The Labute approximate surface area is 567 Å². The average Bonchev–Trinajstić information content (AvgIpc) is 3.48. The SMILES string of the molecule is CCCCCCCCCCCCCCCCCCCCCCCCCCCCCCCCCCCCCCCC(=O)[O-].CCCCCCCCCCCCCCCCCCCCCCCCCCCCCCCCCCCCCCCC(=O)[O-].[Ca+2]. The first-order chi connectivity index (χ1) is 41.5. The summed E-state index contributed by atoms with van der Waals surface area (Å²) in [7, 11) is 0. The normalized spacial score (nSPS) is 11.3. The second kappa shape index (κ2) is 86.3. The van der Waals surface area contributed by atoms with E-state index in [-0.39, 0.29) is 50.6 Å². The van der Waals surface area contributed by atoms with Crippen molar-refractivity contribution in [2.24, 2.45) is 0 Å². The second-order valence-electron chi connectivity index (χ2n) is 27.7. The molecule has 0 aromatic heterocycles. The summed E-state index contributed by atoms with van der Waals surface area (Å²) < 4.78 is 0. The van der Waals surface area contributed by atoms with Crippen LogP contribution in [0.25, 0.3) is 0 Å². The molecule has 0 saturated carbocycles. The Morgan fingerprint density at radius 1 is 0.153 bits per heavy atom. The number of carboxylic acid groups (broad SMARTS) is 2. The van der Waals surface area contributed by atoms with Crippen LogP contribution in [-0.4, -0.2) is 49.7 Å². The summed E-state index contributed by atoms with van der Waals surface area (Å²) in [5.41, 5.74) is 0. The molecule has 0 aliphatic rings. The molecule has 0 rings (SSSR count). The van der Waals surface area contributed by atoms with Gasteiger partial charge in [-0.2, -0.15) is 0 Å². The van der Waals surface area contributed by atoms with Crippen LogP contribution in [-0.2, 0) is 9.59 Å². The van der Waals surface area contributed by atoms with Gasteiger partial charge in [0.05, 0.1) is 0 Å². The molecule has 504 valence electrons. The molecule has 85 heavy (non-hydrogen) atoms. The number of hydrogen-bond donors (Lipinski definition) is 0. The molecular formula is C80H158CaO4. The van der Waals surface area contributed by atoms with Crippen LogP contribution >= 0.6 is 0 Å². The Morgan fingerprint density at radius 3 is 0.294 bits per heavy atom. The minimum Gasteiger partial charge on any atom is -0.550 e. The summed E-state index contributed by atoms with van der Waals surface area (Å²) in [6.07, 6.45) is 105. The first-order valence-electron chi connectivity index (χ1n) is 39.9. The summed E-state index contributed by atoms with van der Waals surface area (Å²) in [6, 6.07) is 0. The molecule has 0 radical (unpaired) electrons. The molecule has 5 heteroatoms. The van der Waals surface area contributed by atoms with Crippen LogP contribution in [0.15, 0.2) is 0 Å². The third-order valence-electron chi connectivity index (χ3n) is 19.0. The Bertz CT molecular complexity index is 1070. The van der Waals surface area contributed by atoms with Gasteiger partial charge in [0, 0.05) is 11.9 Å². The van der Waals surface area contributed by atoms with Crippen molar-refractivity contribution in [1.82, 2.24) is 0 Å². The predicted octanol–water partition coefficient (Wildman–Crippen LogP) is 26.8. The third-order valence-corrected chi connectivity index (χ3v) is 19.0. The number of unbranched alkanes of at least 4 members (excludes halogenated alkanes) is 72. The van der Waals surface area contributed by atoms with E-state index in [9.17, 15) is 19.8 Å². The van der Waals surface area contributed by atoms with Crippen LogP contribution < -0.4 is 10.2 Å². The quantitative estimate of drug-likeness (QED) is 0.0449. The van der Waals surface area contributed by atoms with Crippen molar-refractivity contribution in [3.8, 4) is 0 Å². The van der Waals surface area contributed by atoms with E-state index in [0.29, 0.717) is 0 Å². The van der Waals surface area contributed by atoms with E-state index >= 15 is 0 Å². The van der Waals surface area contributed by atoms with Crippen LogP contribution in [0.3, 0.4) is 0 Å². The average molecular weight is 1220 g/mol. The fraction of sp³-hybridized carbons (Fsp3) is 0.975. The number of aliphatic carboxylic acids is 2. The molecule has 0 spiro atoms. The molecule has 0 saturated heterocycles. The zero-order chi connectivity index (χ0) is 60.9. The number of hydrogen-bond acceptors (Lipinski definition) is 4. The van der Waals surface area contributed by atoms with E-state index in [1.807, 2.05) is 0 Å². The molecule has 0 fully saturated rings. The monoisotopic (exact) mass is 1220 g/mol. The summed E-state index contributed by atoms with van der Waals surface area (Å²) in [5, 5.41) is 20.7. The maximum Gasteiger partial charge on any atom is 2.00 e. The van der Waals surface area contributed by atoms with Crippen LogP contribution in [0, 0.1) is 0 Å². The van der Waals surface area contributed by atoms with Gasteiger partial charge in [-0.25, -0.2) is 0 Å². The molecule has 0 aliphatic carbocycles. The molecule has 0 N–H and O–H groups in total. The minimum atomic E-state index is -0.897. The number of carbonyl (C=O) groups excluding carboxylic acids is 2. The van der Waals surface area contributed by atoms with Gasteiger partial charge in [-0.1, -0.05) is 476 Å². The van der Waals surface area contributed by atoms with Gasteiger partial charge in [-0.3, -0.25) is 0 Å². The fourth-order valence-corrected chi connectivity index (χ4v) is 13.1. The topological polar surface area (TPSA) is 80.3 Å². The summed E-state index contributed by atoms with van der Waals surface area (Å²) >= 11 is 0. The van der Waals surface area contributed by atoms with E-state index in [2.05, 4.69) is 13.8 Å². The maximum atomic E-state index is 10.4. The number of carbonyl (C=O) groups is 2. The van der Waals surface area contributed by atoms with Gasteiger partial charge >= 0.3 is 37.7 Å². The standard InChI is InChI=1S/2C40H80O2.Ca/c2*1-2-3-4-5-6-7-8-9-10-11-12-13-14-15-16-17-18-19-20-21-22-23-24-25-26-27-28-29-30-31-32-33-34-35-36-37-38-39-40(41)42;/h2*2-39H2,1H3,(H,41,42);/q;;+2/p-2. The third kappa shape index (κ3) is 93.0. The first kappa shape index (κ1) is 89.4. The van der Waals surface area contributed by atoms with Gasteiger partial charge in [-0.05, 0) is 25.7 Å². The van der Waals surface area contributed by atoms with Gasteiger partial charge in [0.1, 0.15) is 0 Å². The zero-order valence-corrected chi connectivity index (χ0v) is 61.3. The van der Waals surface area contributed by atoms with Gasteiger partial charge in [0.2, 0.25) is 0 Å². The van der Waals surface area contributed by atoms with Crippen LogP contribution in [0.4, 0.5) is 0 Å².